The largest absolute Gasteiger partial charge is 0.396 e. The van der Waals surface area contributed by atoms with Crippen molar-refractivity contribution in [2.75, 3.05) is 18.8 Å². The fourth-order valence-corrected chi connectivity index (χ4v) is 2.42. The van der Waals surface area contributed by atoms with Crippen LogP contribution in [0.1, 0.15) is 37.2 Å². The monoisotopic (exact) mass is 252 g/mol. The highest BCUT2D eigenvalue weighted by molar-refractivity contribution is 5.97. The van der Waals surface area contributed by atoms with Crippen LogP contribution in [0, 0.1) is 0 Å². The van der Waals surface area contributed by atoms with Gasteiger partial charge in [0.2, 0.25) is 0 Å². The van der Waals surface area contributed by atoms with Gasteiger partial charge in [0.15, 0.2) is 0 Å². The lowest BCUT2D eigenvalue weighted by Gasteiger charge is -2.36. The van der Waals surface area contributed by atoms with Gasteiger partial charge in [-0.3, -0.25) is 9.48 Å². The maximum Gasteiger partial charge on any atom is 0.274 e. The Morgan fingerprint density at radius 2 is 2.39 bits per heavy atom. The van der Waals surface area contributed by atoms with E-state index in [1.54, 1.807) is 16.5 Å². The van der Waals surface area contributed by atoms with Gasteiger partial charge in [0.05, 0.1) is 17.5 Å². The summed E-state index contributed by atoms with van der Waals surface area (Å²) in [6, 6.07) is 0. The first-order chi connectivity index (χ1) is 8.44. The Kier molecular flexibility index (Phi) is 3.30. The highest BCUT2D eigenvalue weighted by Crippen LogP contribution is 2.23. The third-order valence-electron chi connectivity index (χ3n) is 3.33. The van der Waals surface area contributed by atoms with Crippen molar-refractivity contribution in [1.29, 1.82) is 0 Å². The lowest BCUT2D eigenvalue weighted by molar-refractivity contribution is -0.0111. The molecular formula is C12H20N4O2. The zero-order valence-corrected chi connectivity index (χ0v) is 10.9. The van der Waals surface area contributed by atoms with Gasteiger partial charge in [-0.2, -0.15) is 5.10 Å². The second kappa shape index (κ2) is 4.61. The molecule has 1 fully saturated rings. The van der Waals surface area contributed by atoms with Crippen molar-refractivity contribution < 1.29 is 9.90 Å². The molecule has 1 aromatic heterocycles. The minimum atomic E-state index is -0.806. The summed E-state index contributed by atoms with van der Waals surface area (Å²) in [6.07, 6.45) is 3.02. The highest BCUT2D eigenvalue weighted by atomic mass is 16.3. The average Bonchev–Trinajstić information content (AvgIpc) is 2.68. The minimum Gasteiger partial charge on any atom is -0.396 e. The zero-order valence-electron chi connectivity index (χ0n) is 10.9. The van der Waals surface area contributed by atoms with Crippen molar-refractivity contribution in [1.82, 2.24) is 14.7 Å². The van der Waals surface area contributed by atoms with Gasteiger partial charge >= 0.3 is 0 Å². The van der Waals surface area contributed by atoms with Crippen LogP contribution in [0.15, 0.2) is 6.20 Å². The van der Waals surface area contributed by atoms with Crippen molar-refractivity contribution in [3.63, 3.8) is 0 Å². The first kappa shape index (κ1) is 12.9. The minimum absolute atomic E-state index is 0.146. The normalized spacial score (nSPS) is 24.3. The zero-order chi connectivity index (χ0) is 13.3. The summed E-state index contributed by atoms with van der Waals surface area (Å²) in [5.74, 6) is -0.146. The average molecular weight is 252 g/mol. The summed E-state index contributed by atoms with van der Waals surface area (Å²) in [5.41, 5.74) is 5.81. The number of aliphatic hydroxyl groups is 1. The first-order valence-electron chi connectivity index (χ1n) is 6.27. The molecule has 0 aromatic carbocycles. The van der Waals surface area contributed by atoms with Crippen LogP contribution in [0.25, 0.3) is 0 Å². The van der Waals surface area contributed by atoms with E-state index >= 15 is 0 Å². The maximum absolute atomic E-state index is 12.4. The van der Waals surface area contributed by atoms with E-state index in [9.17, 15) is 9.90 Å². The number of likely N-dealkylation sites (tertiary alicyclic amines) is 1. The molecule has 0 spiro atoms. The quantitative estimate of drug-likeness (QED) is 0.801. The molecule has 18 heavy (non-hydrogen) atoms. The Labute approximate surface area is 106 Å². The number of hydrogen-bond acceptors (Lipinski definition) is 4. The molecule has 1 saturated heterocycles. The van der Waals surface area contributed by atoms with Gasteiger partial charge in [-0.15, -0.1) is 0 Å². The van der Waals surface area contributed by atoms with E-state index in [1.165, 1.54) is 6.20 Å². The number of aryl methyl sites for hydroxylation is 1. The molecule has 1 aliphatic heterocycles. The van der Waals surface area contributed by atoms with Gasteiger partial charge in [-0.1, -0.05) is 0 Å². The first-order valence-corrected chi connectivity index (χ1v) is 6.27. The summed E-state index contributed by atoms with van der Waals surface area (Å²) in [6.45, 7) is 5.27. The van der Waals surface area contributed by atoms with Crippen LogP contribution in [-0.2, 0) is 6.54 Å². The number of anilines is 1. The SMILES string of the molecule is CCn1ncc(N)c1C(=O)N1CCCC(C)(O)C1. The van der Waals surface area contributed by atoms with Gasteiger partial charge < -0.3 is 15.7 Å². The van der Waals surface area contributed by atoms with Gasteiger partial charge in [-0.05, 0) is 26.7 Å². The van der Waals surface area contributed by atoms with Gasteiger partial charge in [0, 0.05) is 19.6 Å². The van der Waals surface area contributed by atoms with Crippen molar-refractivity contribution in [3.05, 3.63) is 11.9 Å². The van der Waals surface area contributed by atoms with Crippen LogP contribution >= 0.6 is 0 Å². The smallest absolute Gasteiger partial charge is 0.274 e. The number of carbonyl (C=O) groups is 1. The lowest BCUT2D eigenvalue weighted by atomic mass is 9.95. The number of rotatable bonds is 2. The topological polar surface area (TPSA) is 84.4 Å². The molecule has 1 atom stereocenters. The number of amides is 1. The summed E-state index contributed by atoms with van der Waals surface area (Å²) < 4.78 is 1.60. The molecule has 0 aliphatic carbocycles. The predicted octanol–water partition coefficient (Wildman–Crippen LogP) is 0.472. The van der Waals surface area contributed by atoms with Crippen LogP contribution in [-0.4, -0.2) is 44.4 Å². The molecule has 0 bridgehead atoms. The molecular weight excluding hydrogens is 232 g/mol. The number of piperidine rings is 1. The number of nitrogen functional groups attached to an aromatic ring is 1. The molecule has 1 unspecified atom stereocenters. The van der Waals surface area contributed by atoms with Crippen LogP contribution in [0.3, 0.4) is 0 Å². The predicted molar refractivity (Wildman–Crippen MR) is 68.1 cm³/mol. The number of nitrogens with zero attached hydrogens (tertiary/aromatic N) is 3. The fraction of sp³-hybridized carbons (Fsp3) is 0.667. The summed E-state index contributed by atoms with van der Waals surface area (Å²) in [7, 11) is 0. The Hall–Kier alpha value is -1.56. The van der Waals surface area contributed by atoms with Crippen LogP contribution in [0.5, 0.6) is 0 Å². The van der Waals surface area contributed by atoms with Crippen molar-refractivity contribution in [2.45, 2.75) is 38.8 Å². The van der Waals surface area contributed by atoms with E-state index < -0.39 is 5.60 Å². The molecule has 1 aromatic rings. The molecule has 0 radical (unpaired) electrons. The van der Waals surface area contributed by atoms with Gasteiger partial charge in [0.1, 0.15) is 5.69 Å². The second-order valence-corrected chi connectivity index (χ2v) is 5.09. The summed E-state index contributed by atoms with van der Waals surface area (Å²) in [5, 5.41) is 14.1. The Balaban J connectivity index is 2.23. The molecule has 6 nitrogen and oxygen atoms in total. The molecule has 0 saturated carbocycles. The fourth-order valence-electron chi connectivity index (χ4n) is 2.42. The van der Waals surface area contributed by atoms with E-state index in [0.29, 0.717) is 31.0 Å². The van der Waals surface area contributed by atoms with Crippen LogP contribution in [0.4, 0.5) is 5.69 Å². The van der Waals surface area contributed by atoms with E-state index in [4.69, 9.17) is 5.73 Å². The summed E-state index contributed by atoms with van der Waals surface area (Å²) >= 11 is 0. The van der Waals surface area contributed by atoms with E-state index in [1.807, 2.05) is 6.92 Å². The lowest BCUT2D eigenvalue weighted by Crippen LogP contribution is -2.49. The standard InChI is InChI=1S/C12H20N4O2/c1-3-16-10(9(13)7-14-16)11(17)15-6-4-5-12(2,18)8-15/h7,18H,3-6,8,13H2,1-2H3. The highest BCUT2D eigenvalue weighted by Gasteiger charge is 2.33. The van der Waals surface area contributed by atoms with Crippen molar-refractivity contribution >= 4 is 11.6 Å². The molecule has 3 N–H and O–H groups in total. The van der Waals surface area contributed by atoms with E-state index in [-0.39, 0.29) is 5.91 Å². The number of β-amino-alcohol motifs (C(OH)–C–C–N with tert-alkyl or cyclic N) is 1. The molecule has 1 aliphatic rings. The van der Waals surface area contributed by atoms with Gasteiger partial charge in [-0.25, -0.2) is 0 Å². The molecule has 6 heteroatoms. The molecule has 2 rings (SSSR count). The Morgan fingerprint density at radius 3 is 3.00 bits per heavy atom. The van der Waals surface area contributed by atoms with Crippen LogP contribution < -0.4 is 5.73 Å². The van der Waals surface area contributed by atoms with Gasteiger partial charge in [0.25, 0.3) is 5.91 Å². The van der Waals surface area contributed by atoms with E-state index in [2.05, 4.69) is 5.10 Å². The molecule has 2 heterocycles. The second-order valence-electron chi connectivity index (χ2n) is 5.09. The maximum atomic E-state index is 12.4. The number of aromatic nitrogens is 2. The van der Waals surface area contributed by atoms with Crippen molar-refractivity contribution in [2.24, 2.45) is 0 Å². The van der Waals surface area contributed by atoms with Crippen molar-refractivity contribution in [3.8, 4) is 0 Å². The Morgan fingerprint density at radius 1 is 1.67 bits per heavy atom. The number of hydrogen-bond donors (Lipinski definition) is 2. The summed E-state index contributed by atoms with van der Waals surface area (Å²) in [4.78, 5) is 14.1. The third-order valence-corrected chi connectivity index (χ3v) is 3.33. The van der Waals surface area contributed by atoms with E-state index in [0.717, 1.165) is 12.8 Å². The molecule has 100 valence electrons. The number of nitrogens with two attached hydrogens (primary N) is 1. The third kappa shape index (κ3) is 2.33. The van der Waals surface area contributed by atoms with Crippen LogP contribution in [0.2, 0.25) is 0 Å². The Bertz CT molecular complexity index is 453. The number of carbonyl (C=O) groups excluding carboxylic acids is 1. The molecule has 1 amide bonds.